The number of rotatable bonds is 3. The fraction of sp³-hybridized carbons (Fsp3) is 0.200. The zero-order chi connectivity index (χ0) is 12.4. The molecule has 3 nitrogen and oxygen atoms in total. The minimum absolute atomic E-state index is 0.0414. The van der Waals surface area contributed by atoms with Crippen molar-refractivity contribution in [2.45, 2.75) is 6.54 Å². The average molecular weight is 337 g/mol. The van der Waals surface area contributed by atoms with Gasteiger partial charge in [0.2, 0.25) is 5.28 Å². The lowest BCUT2D eigenvalue weighted by Crippen LogP contribution is -2.19. The molecule has 0 fully saturated rings. The summed E-state index contributed by atoms with van der Waals surface area (Å²) in [5.74, 6) is -0.279. The quantitative estimate of drug-likeness (QED) is 0.800. The van der Waals surface area contributed by atoms with Gasteiger partial charge in [0.25, 0.3) is 0 Å². The third-order valence-electron chi connectivity index (χ3n) is 2.10. The van der Waals surface area contributed by atoms with E-state index in [-0.39, 0.29) is 11.1 Å². The molecule has 2 aromatic rings. The third kappa shape index (κ3) is 3.14. The molecule has 0 saturated carbocycles. The highest BCUT2D eigenvalue weighted by Crippen LogP contribution is 2.23. The lowest BCUT2D eigenvalue weighted by atomic mass is 10.3. The van der Waals surface area contributed by atoms with Crippen molar-refractivity contribution < 1.29 is 4.39 Å². The van der Waals surface area contributed by atoms with E-state index in [0.29, 0.717) is 6.54 Å². The molecular formula is C10H8BrClFN3S. The van der Waals surface area contributed by atoms with Crippen LogP contribution in [0.25, 0.3) is 0 Å². The predicted molar refractivity (Wildman–Crippen MR) is 71.1 cm³/mol. The molecule has 0 bridgehead atoms. The van der Waals surface area contributed by atoms with Gasteiger partial charge in [0, 0.05) is 13.6 Å². The number of thiophene rings is 1. The first kappa shape index (κ1) is 12.7. The Morgan fingerprint density at radius 2 is 2.35 bits per heavy atom. The van der Waals surface area contributed by atoms with Crippen LogP contribution in [-0.2, 0) is 6.54 Å². The van der Waals surface area contributed by atoms with Gasteiger partial charge in [0.15, 0.2) is 11.6 Å². The van der Waals surface area contributed by atoms with Crippen molar-refractivity contribution in [3.63, 3.8) is 0 Å². The summed E-state index contributed by atoms with van der Waals surface area (Å²) in [6, 6.07) is 1.99. The lowest BCUT2D eigenvalue weighted by Gasteiger charge is -2.17. The number of hydrogen-bond donors (Lipinski definition) is 0. The third-order valence-corrected chi connectivity index (χ3v) is 3.83. The maximum Gasteiger partial charge on any atom is 0.224 e. The summed E-state index contributed by atoms with van der Waals surface area (Å²) in [4.78, 5) is 9.14. The minimum atomic E-state index is -0.480. The summed E-state index contributed by atoms with van der Waals surface area (Å²) in [6.07, 6.45) is 1.07. The molecule has 0 spiro atoms. The fourth-order valence-electron chi connectivity index (χ4n) is 1.38. The SMILES string of the molecule is CN(Cc1csc(Br)c1)c1nc(Cl)ncc1F. The van der Waals surface area contributed by atoms with Crippen LogP contribution in [0.4, 0.5) is 10.2 Å². The Morgan fingerprint density at radius 3 is 3.00 bits per heavy atom. The van der Waals surface area contributed by atoms with Crippen LogP contribution in [0.15, 0.2) is 21.4 Å². The first-order chi connectivity index (χ1) is 8.06. The zero-order valence-corrected chi connectivity index (χ0v) is 12.0. The van der Waals surface area contributed by atoms with Crippen molar-refractivity contribution in [2.75, 3.05) is 11.9 Å². The van der Waals surface area contributed by atoms with Crippen molar-refractivity contribution in [1.82, 2.24) is 9.97 Å². The van der Waals surface area contributed by atoms with Crippen LogP contribution in [0, 0.1) is 5.82 Å². The molecule has 0 saturated heterocycles. The van der Waals surface area contributed by atoms with Gasteiger partial charge in [0.05, 0.1) is 9.98 Å². The van der Waals surface area contributed by atoms with E-state index in [4.69, 9.17) is 11.6 Å². The van der Waals surface area contributed by atoms with Crippen LogP contribution < -0.4 is 4.90 Å². The molecule has 0 aliphatic carbocycles. The van der Waals surface area contributed by atoms with Gasteiger partial charge >= 0.3 is 0 Å². The van der Waals surface area contributed by atoms with Crippen LogP contribution in [0.5, 0.6) is 0 Å². The summed E-state index contributed by atoms with van der Waals surface area (Å²) in [6.45, 7) is 0.562. The Hall–Kier alpha value is -0.720. The van der Waals surface area contributed by atoms with Gasteiger partial charge in [-0.1, -0.05) is 0 Å². The summed E-state index contributed by atoms with van der Waals surface area (Å²) in [7, 11) is 1.76. The van der Waals surface area contributed by atoms with Gasteiger partial charge in [-0.25, -0.2) is 9.37 Å². The lowest BCUT2D eigenvalue weighted by molar-refractivity contribution is 0.607. The maximum absolute atomic E-state index is 13.5. The van der Waals surface area contributed by atoms with Gasteiger partial charge in [-0.15, -0.1) is 11.3 Å². The monoisotopic (exact) mass is 335 g/mol. The molecule has 0 amide bonds. The second-order valence-corrected chi connectivity index (χ2v) is 6.05. The Balaban J connectivity index is 2.19. The molecule has 0 unspecified atom stereocenters. The summed E-state index contributed by atoms with van der Waals surface area (Å²) < 4.78 is 14.5. The van der Waals surface area contributed by atoms with E-state index in [1.165, 1.54) is 0 Å². The number of halogens is 3. The second kappa shape index (κ2) is 5.29. The van der Waals surface area contributed by atoms with Crippen LogP contribution in [0.2, 0.25) is 5.28 Å². The molecule has 0 aromatic carbocycles. The highest BCUT2D eigenvalue weighted by Gasteiger charge is 2.12. The van der Waals surface area contributed by atoms with Crippen LogP contribution in [0.1, 0.15) is 5.56 Å². The molecule has 0 N–H and O–H groups in total. The molecule has 0 atom stereocenters. The van der Waals surface area contributed by atoms with E-state index in [0.717, 1.165) is 15.5 Å². The van der Waals surface area contributed by atoms with Crippen molar-refractivity contribution in [3.05, 3.63) is 38.1 Å². The Morgan fingerprint density at radius 1 is 1.59 bits per heavy atom. The molecule has 7 heteroatoms. The number of nitrogens with zero attached hydrogens (tertiary/aromatic N) is 3. The van der Waals surface area contributed by atoms with E-state index >= 15 is 0 Å². The van der Waals surface area contributed by atoms with E-state index < -0.39 is 5.82 Å². The van der Waals surface area contributed by atoms with E-state index in [9.17, 15) is 4.39 Å². The number of aromatic nitrogens is 2. The highest BCUT2D eigenvalue weighted by molar-refractivity contribution is 9.11. The molecule has 2 heterocycles. The van der Waals surface area contributed by atoms with Gasteiger partial charge in [-0.05, 0) is 44.5 Å². The van der Waals surface area contributed by atoms with Crippen molar-refractivity contribution in [1.29, 1.82) is 0 Å². The first-order valence-electron chi connectivity index (χ1n) is 4.68. The number of hydrogen-bond acceptors (Lipinski definition) is 4. The topological polar surface area (TPSA) is 29.0 Å². The van der Waals surface area contributed by atoms with Gasteiger partial charge in [-0.3, -0.25) is 0 Å². The van der Waals surface area contributed by atoms with Crippen LogP contribution >= 0.6 is 38.9 Å². The second-order valence-electron chi connectivity index (χ2n) is 3.43. The predicted octanol–water partition coefficient (Wildman–Crippen LogP) is 3.73. The van der Waals surface area contributed by atoms with Crippen molar-refractivity contribution in [3.8, 4) is 0 Å². The first-order valence-corrected chi connectivity index (χ1v) is 6.73. The van der Waals surface area contributed by atoms with Gasteiger partial charge < -0.3 is 4.90 Å². The average Bonchev–Trinajstić information content (AvgIpc) is 2.67. The summed E-state index contributed by atoms with van der Waals surface area (Å²) >= 11 is 10.6. The number of anilines is 1. The fourth-order valence-corrected chi connectivity index (χ4v) is 2.71. The standard InChI is InChI=1S/C10H8BrClFN3S/c1-16(4-6-2-8(11)17-5-6)9-7(13)3-14-10(12)15-9/h2-3,5H,4H2,1H3. The molecule has 90 valence electrons. The van der Waals surface area contributed by atoms with Gasteiger partial charge in [0.1, 0.15) is 0 Å². The van der Waals surface area contributed by atoms with Crippen LogP contribution in [-0.4, -0.2) is 17.0 Å². The van der Waals surface area contributed by atoms with E-state index in [1.54, 1.807) is 23.3 Å². The summed E-state index contributed by atoms with van der Waals surface area (Å²) in [5, 5.41) is 2.04. The smallest absolute Gasteiger partial charge is 0.224 e. The Kier molecular flexibility index (Phi) is 3.96. The van der Waals surface area contributed by atoms with E-state index in [2.05, 4.69) is 25.9 Å². The normalized spacial score (nSPS) is 10.6. The van der Waals surface area contributed by atoms with Crippen molar-refractivity contribution in [2.24, 2.45) is 0 Å². The molecule has 2 rings (SSSR count). The van der Waals surface area contributed by atoms with Crippen LogP contribution in [0.3, 0.4) is 0 Å². The molecule has 0 aliphatic heterocycles. The summed E-state index contributed by atoms with van der Waals surface area (Å²) in [5.41, 5.74) is 1.08. The Bertz CT molecular complexity index is 534. The highest BCUT2D eigenvalue weighted by atomic mass is 79.9. The Labute approximate surface area is 115 Å². The van der Waals surface area contributed by atoms with Crippen molar-refractivity contribution >= 4 is 44.7 Å². The van der Waals surface area contributed by atoms with Gasteiger partial charge in [-0.2, -0.15) is 4.98 Å². The molecular weight excluding hydrogens is 329 g/mol. The molecule has 0 aliphatic rings. The molecule has 2 aromatic heterocycles. The molecule has 0 radical (unpaired) electrons. The zero-order valence-electron chi connectivity index (χ0n) is 8.82. The molecule has 17 heavy (non-hydrogen) atoms. The maximum atomic E-state index is 13.5. The minimum Gasteiger partial charge on any atom is -0.353 e. The largest absolute Gasteiger partial charge is 0.353 e. The van der Waals surface area contributed by atoms with E-state index in [1.807, 2.05) is 11.4 Å².